The lowest BCUT2D eigenvalue weighted by molar-refractivity contribution is -0.137. The number of hydrogen-bond acceptors (Lipinski definition) is 3. The zero-order valence-corrected chi connectivity index (χ0v) is 10.7. The summed E-state index contributed by atoms with van der Waals surface area (Å²) in [6, 6.07) is 0. The summed E-state index contributed by atoms with van der Waals surface area (Å²) in [6.07, 6.45) is 1.11. The monoisotopic (exact) mass is 242 g/mol. The number of carbonyl (C=O) groups is 2. The standard InChI is InChI=1S/C12H22N2O3/c1-10(2)12(17)14-6-3-5-13(8-9-14)7-4-11(15)16/h10H,3-9H2,1-2H3,(H,15,16). The van der Waals surface area contributed by atoms with Crippen LogP contribution in [0.2, 0.25) is 0 Å². The van der Waals surface area contributed by atoms with Gasteiger partial charge in [0.1, 0.15) is 0 Å². The fourth-order valence-electron chi connectivity index (χ4n) is 2.03. The van der Waals surface area contributed by atoms with Gasteiger partial charge in [-0.3, -0.25) is 9.59 Å². The lowest BCUT2D eigenvalue weighted by Gasteiger charge is -2.23. The summed E-state index contributed by atoms with van der Waals surface area (Å²) in [6.45, 7) is 7.59. The maximum Gasteiger partial charge on any atom is 0.304 e. The van der Waals surface area contributed by atoms with Crippen LogP contribution in [0.4, 0.5) is 0 Å². The topological polar surface area (TPSA) is 60.9 Å². The molecule has 0 bridgehead atoms. The van der Waals surface area contributed by atoms with E-state index < -0.39 is 5.97 Å². The molecular weight excluding hydrogens is 220 g/mol. The molecule has 98 valence electrons. The highest BCUT2D eigenvalue weighted by Gasteiger charge is 2.20. The molecule has 0 radical (unpaired) electrons. The summed E-state index contributed by atoms with van der Waals surface area (Å²) >= 11 is 0. The van der Waals surface area contributed by atoms with Crippen LogP contribution in [0, 0.1) is 5.92 Å². The first-order valence-corrected chi connectivity index (χ1v) is 6.23. The number of aliphatic carboxylic acids is 1. The molecule has 1 amide bonds. The number of carbonyl (C=O) groups excluding carboxylic acids is 1. The summed E-state index contributed by atoms with van der Waals surface area (Å²) in [7, 11) is 0. The van der Waals surface area contributed by atoms with E-state index in [-0.39, 0.29) is 18.2 Å². The maximum atomic E-state index is 11.8. The normalized spacial score (nSPS) is 18.2. The molecule has 5 heteroatoms. The van der Waals surface area contributed by atoms with Gasteiger partial charge < -0.3 is 14.9 Å². The summed E-state index contributed by atoms with van der Waals surface area (Å²) in [5, 5.41) is 8.64. The Hall–Kier alpha value is -1.10. The molecule has 0 aliphatic carbocycles. The molecule has 1 aliphatic heterocycles. The minimum Gasteiger partial charge on any atom is -0.481 e. The third-order valence-electron chi connectivity index (χ3n) is 3.04. The number of hydrogen-bond donors (Lipinski definition) is 1. The number of nitrogens with zero attached hydrogens (tertiary/aromatic N) is 2. The van der Waals surface area contributed by atoms with Crippen molar-refractivity contribution in [2.24, 2.45) is 5.92 Å². The molecule has 0 spiro atoms. The zero-order chi connectivity index (χ0) is 12.8. The number of amides is 1. The molecule has 1 heterocycles. The van der Waals surface area contributed by atoms with Crippen molar-refractivity contribution in [3.8, 4) is 0 Å². The summed E-state index contributed by atoms with van der Waals surface area (Å²) in [5.41, 5.74) is 0. The first-order valence-electron chi connectivity index (χ1n) is 6.23. The van der Waals surface area contributed by atoms with Crippen molar-refractivity contribution < 1.29 is 14.7 Å². The van der Waals surface area contributed by atoms with Gasteiger partial charge in [0.25, 0.3) is 0 Å². The molecule has 0 aromatic carbocycles. The van der Waals surface area contributed by atoms with Gasteiger partial charge in [0.2, 0.25) is 5.91 Å². The quantitative estimate of drug-likeness (QED) is 0.786. The van der Waals surface area contributed by atoms with E-state index in [9.17, 15) is 9.59 Å². The second-order valence-corrected chi connectivity index (χ2v) is 4.82. The molecule has 1 fully saturated rings. The van der Waals surface area contributed by atoms with E-state index >= 15 is 0 Å². The molecule has 17 heavy (non-hydrogen) atoms. The van der Waals surface area contributed by atoms with Crippen LogP contribution in [0.3, 0.4) is 0 Å². The van der Waals surface area contributed by atoms with Gasteiger partial charge in [-0.1, -0.05) is 13.8 Å². The number of carboxylic acid groups (broad SMARTS) is 1. The molecular formula is C12H22N2O3. The molecule has 0 atom stereocenters. The van der Waals surface area contributed by atoms with Crippen LogP contribution in [-0.4, -0.2) is 59.5 Å². The molecule has 1 aliphatic rings. The fraction of sp³-hybridized carbons (Fsp3) is 0.833. The molecule has 1 N–H and O–H groups in total. The smallest absolute Gasteiger partial charge is 0.304 e. The minimum atomic E-state index is -0.760. The predicted molar refractivity (Wildman–Crippen MR) is 64.7 cm³/mol. The highest BCUT2D eigenvalue weighted by Crippen LogP contribution is 2.08. The van der Waals surface area contributed by atoms with E-state index in [1.165, 1.54) is 0 Å². The fourth-order valence-corrected chi connectivity index (χ4v) is 2.03. The summed E-state index contributed by atoms with van der Waals surface area (Å²) in [4.78, 5) is 26.4. The van der Waals surface area contributed by atoms with E-state index in [1.54, 1.807) is 0 Å². The third kappa shape index (κ3) is 4.73. The molecule has 0 aromatic rings. The Morgan fingerprint density at radius 2 is 1.88 bits per heavy atom. The van der Waals surface area contributed by atoms with Crippen molar-refractivity contribution in [1.82, 2.24) is 9.80 Å². The van der Waals surface area contributed by atoms with Gasteiger partial charge in [-0.15, -0.1) is 0 Å². The zero-order valence-electron chi connectivity index (χ0n) is 10.7. The summed E-state index contributed by atoms with van der Waals surface area (Å²) < 4.78 is 0. The Bertz CT molecular complexity index is 279. The van der Waals surface area contributed by atoms with E-state index in [2.05, 4.69) is 4.90 Å². The summed E-state index contributed by atoms with van der Waals surface area (Å²) in [5.74, 6) is -0.519. The first kappa shape index (κ1) is 14.0. The van der Waals surface area contributed by atoms with Crippen LogP contribution >= 0.6 is 0 Å². The number of carboxylic acids is 1. The van der Waals surface area contributed by atoms with E-state index in [1.807, 2.05) is 18.7 Å². The van der Waals surface area contributed by atoms with Crippen molar-refractivity contribution in [3.05, 3.63) is 0 Å². The highest BCUT2D eigenvalue weighted by molar-refractivity contribution is 5.78. The largest absolute Gasteiger partial charge is 0.481 e. The Labute approximate surface area is 102 Å². The van der Waals surface area contributed by atoms with Gasteiger partial charge in [-0.2, -0.15) is 0 Å². The van der Waals surface area contributed by atoms with Gasteiger partial charge >= 0.3 is 5.97 Å². The van der Waals surface area contributed by atoms with Gasteiger partial charge in [0.05, 0.1) is 6.42 Å². The van der Waals surface area contributed by atoms with E-state index in [4.69, 9.17) is 5.11 Å². The lowest BCUT2D eigenvalue weighted by Crippen LogP contribution is -2.37. The molecule has 5 nitrogen and oxygen atoms in total. The van der Waals surface area contributed by atoms with Crippen LogP contribution in [0.5, 0.6) is 0 Å². The Kier molecular flexibility index (Phi) is 5.41. The van der Waals surface area contributed by atoms with Gasteiger partial charge in [0, 0.05) is 32.1 Å². The Morgan fingerprint density at radius 1 is 1.18 bits per heavy atom. The molecule has 0 aromatic heterocycles. The molecule has 1 rings (SSSR count). The van der Waals surface area contributed by atoms with Gasteiger partial charge in [-0.05, 0) is 13.0 Å². The highest BCUT2D eigenvalue weighted by atomic mass is 16.4. The third-order valence-corrected chi connectivity index (χ3v) is 3.04. The maximum absolute atomic E-state index is 11.8. The van der Waals surface area contributed by atoms with Gasteiger partial charge in [-0.25, -0.2) is 0 Å². The molecule has 0 saturated carbocycles. The van der Waals surface area contributed by atoms with Crippen LogP contribution in [0.1, 0.15) is 26.7 Å². The van der Waals surface area contributed by atoms with E-state index in [0.717, 1.165) is 32.6 Å². The van der Waals surface area contributed by atoms with Crippen molar-refractivity contribution in [3.63, 3.8) is 0 Å². The van der Waals surface area contributed by atoms with Crippen molar-refractivity contribution in [1.29, 1.82) is 0 Å². The minimum absolute atomic E-state index is 0.0422. The van der Waals surface area contributed by atoms with Crippen molar-refractivity contribution in [2.45, 2.75) is 26.7 Å². The second-order valence-electron chi connectivity index (χ2n) is 4.82. The van der Waals surface area contributed by atoms with E-state index in [0.29, 0.717) is 6.54 Å². The number of rotatable bonds is 4. The predicted octanol–water partition coefficient (Wildman–Crippen LogP) is 0.651. The van der Waals surface area contributed by atoms with Gasteiger partial charge in [0.15, 0.2) is 0 Å². The lowest BCUT2D eigenvalue weighted by atomic mass is 10.2. The average Bonchev–Trinajstić information content (AvgIpc) is 2.50. The van der Waals surface area contributed by atoms with Crippen LogP contribution in [0.15, 0.2) is 0 Å². The molecule has 0 unspecified atom stereocenters. The Balaban J connectivity index is 2.39. The second kappa shape index (κ2) is 6.59. The average molecular weight is 242 g/mol. The SMILES string of the molecule is CC(C)C(=O)N1CCCN(CCC(=O)O)CC1. The van der Waals surface area contributed by atoms with Crippen molar-refractivity contribution in [2.75, 3.05) is 32.7 Å². The molecule has 1 saturated heterocycles. The van der Waals surface area contributed by atoms with Crippen LogP contribution in [-0.2, 0) is 9.59 Å². The Morgan fingerprint density at radius 3 is 2.47 bits per heavy atom. The van der Waals surface area contributed by atoms with Crippen LogP contribution in [0.25, 0.3) is 0 Å². The van der Waals surface area contributed by atoms with Crippen LogP contribution < -0.4 is 0 Å². The first-order chi connectivity index (χ1) is 8.00. The van der Waals surface area contributed by atoms with Crippen molar-refractivity contribution >= 4 is 11.9 Å².